The maximum Gasteiger partial charge on any atom is 0.261 e. The van der Waals surface area contributed by atoms with Crippen molar-refractivity contribution in [1.29, 1.82) is 0 Å². The largest absolute Gasteiger partial charge is 0.326 e. The van der Waals surface area contributed by atoms with Gasteiger partial charge in [0.25, 0.3) is 11.8 Å². The van der Waals surface area contributed by atoms with E-state index in [1.54, 1.807) is 18.2 Å². The highest BCUT2D eigenvalue weighted by molar-refractivity contribution is 6.21. The molecule has 1 saturated heterocycles. The molecule has 0 spiro atoms. The number of hydrogen-bond donors (Lipinski definition) is 2. The van der Waals surface area contributed by atoms with E-state index in [0.717, 1.165) is 11.4 Å². The van der Waals surface area contributed by atoms with Crippen LogP contribution in [0.15, 0.2) is 48.5 Å². The number of amides is 3. The summed E-state index contributed by atoms with van der Waals surface area (Å²) >= 11 is 0. The van der Waals surface area contributed by atoms with E-state index in [2.05, 4.69) is 17.4 Å². The van der Waals surface area contributed by atoms with Gasteiger partial charge >= 0.3 is 0 Å². The number of rotatable bonds is 4. The van der Waals surface area contributed by atoms with Gasteiger partial charge in [0, 0.05) is 37.8 Å². The van der Waals surface area contributed by atoms with Gasteiger partial charge in [-0.15, -0.1) is 12.4 Å². The normalized spacial score (nSPS) is 21.1. The number of benzene rings is 2. The quantitative estimate of drug-likeness (QED) is 0.742. The van der Waals surface area contributed by atoms with E-state index >= 15 is 0 Å². The van der Waals surface area contributed by atoms with Crippen molar-refractivity contribution in [2.75, 3.05) is 32.0 Å². The molecule has 2 heterocycles. The van der Waals surface area contributed by atoms with Gasteiger partial charge in [-0.1, -0.05) is 30.3 Å². The number of carbonyl (C=O) groups is 3. The van der Waals surface area contributed by atoms with Crippen LogP contribution in [0.2, 0.25) is 0 Å². The van der Waals surface area contributed by atoms with Crippen molar-refractivity contribution in [3.8, 4) is 0 Å². The number of likely N-dealkylation sites (tertiary alicyclic amines) is 1. The van der Waals surface area contributed by atoms with Gasteiger partial charge in [0.2, 0.25) is 5.91 Å². The van der Waals surface area contributed by atoms with Crippen LogP contribution in [0.4, 0.5) is 5.69 Å². The van der Waals surface area contributed by atoms with Crippen LogP contribution in [0.1, 0.15) is 32.2 Å². The third-order valence-electron chi connectivity index (χ3n) is 5.41. The molecule has 2 aliphatic rings. The molecule has 0 aliphatic carbocycles. The lowest BCUT2D eigenvalue weighted by atomic mass is 9.95. The standard InChI is InChI=1S/C21H22N4O3.ClH/c1-24-20(27)15-8-7-14(9-16(15)21(24)28)23-19(26)12-25-10-17(18(22)11-25)13-5-3-2-4-6-13;/h2-9,17-18H,10-12,22H2,1H3,(H,23,26);1H/t17-,18+;/m0./s1. The van der Waals surface area contributed by atoms with Gasteiger partial charge in [-0.25, -0.2) is 0 Å². The van der Waals surface area contributed by atoms with Gasteiger partial charge in [0.15, 0.2) is 0 Å². The minimum atomic E-state index is -0.354. The molecule has 152 valence electrons. The Morgan fingerprint density at radius 3 is 2.48 bits per heavy atom. The number of nitrogens with two attached hydrogens (primary N) is 1. The van der Waals surface area contributed by atoms with Crippen LogP contribution in [0.25, 0.3) is 0 Å². The van der Waals surface area contributed by atoms with Crippen LogP contribution in [0, 0.1) is 0 Å². The van der Waals surface area contributed by atoms with Crippen molar-refractivity contribution in [2.45, 2.75) is 12.0 Å². The first kappa shape index (κ1) is 21.0. The molecule has 3 N–H and O–H groups in total. The second-order valence-electron chi connectivity index (χ2n) is 7.35. The van der Waals surface area contributed by atoms with Crippen molar-refractivity contribution >= 4 is 35.8 Å². The lowest BCUT2D eigenvalue weighted by Gasteiger charge is -2.16. The first-order chi connectivity index (χ1) is 13.4. The Labute approximate surface area is 175 Å². The Hall–Kier alpha value is -2.74. The highest BCUT2D eigenvalue weighted by Crippen LogP contribution is 2.27. The molecular weight excluding hydrogens is 392 g/mol. The highest BCUT2D eigenvalue weighted by Gasteiger charge is 2.34. The van der Waals surface area contributed by atoms with Gasteiger partial charge in [-0.3, -0.25) is 24.2 Å². The monoisotopic (exact) mass is 414 g/mol. The number of nitrogens with one attached hydrogen (secondary N) is 1. The maximum absolute atomic E-state index is 12.5. The fraction of sp³-hybridized carbons (Fsp3) is 0.286. The second-order valence-corrected chi connectivity index (χ2v) is 7.35. The molecule has 0 unspecified atom stereocenters. The molecule has 1 fully saturated rings. The summed E-state index contributed by atoms with van der Waals surface area (Å²) in [6.07, 6.45) is 0. The van der Waals surface area contributed by atoms with Crippen LogP contribution >= 0.6 is 12.4 Å². The van der Waals surface area contributed by atoms with Crippen LogP contribution in [-0.4, -0.2) is 60.2 Å². The molecule has 0 radical (unpaired) electrons. The minimum absolute atomic E-state index is 0. The van der Waals surface area contributed by atoms with Gasteiger partial charge in [0.1, 0.15) is 0 Å². The van der Waals surface area contributed by atoms with E-state index in [4.69, 9.17) is 5.73 Å². The van der Waals surface area contributed by atoms with Gasteiger partial charge < -0.3 is 11.1 Å². The summed E-state index contributed by atoms with van der Waals surface area (Å²) in [6.45, 7) is 1.59. The molecular formula is C21H23ClN4O3. The average molecular weight is 415 g/mol. The van der Waals surface area contributed by atoms with E-state index in [-0.39, 0.29) is 48.6 Å². The van der Waals surface area contributed by atoms with Gasteiger partial charge in [0.05, 0.1) is 17.7 Å². The zero-order valence-corrected chi connectivity index (χ0v) is 16.8. The first-order valence-corrected chi connectivity index (χ1v) is 9.23. The van der Waals surface area contributed by atoms with Gasteiger partial charge in [-0.05, 0) is 23.8 Å². The number of carbonyl (C=O) groups excluding carboxylic acids is 3. The van der Waals surface area contributed by atoms with Gasteiger partial charge in [-0.2, -0.15) is 0 Å². The molecule has 2 aliphatic heterocycles. The Balaban J connectivity index is 0.00000240. The van der Waals surface area contributed by atoms with E-state index < -0.39 is 0 Å². The first-order valence-electron chi connectivity index (χ1n) is 9.23. The lowest BCUT2D eigenvalue weighted by Crippen LogP contribution is -2.33. The average Bonchev–Trinajstić information content (AvgIpc) is 3.15. The lowest BCUT2D eigenvalue weighted by molar-refractivity contribution is -0.117. The molecule has 0 bridgehead atoms. The van der Waals surface area contributed by atoms with E-state index in [1.165, 1.54) is 12.6 Å². The molecule has 0 aromatic heterocycles. The van der Waals surface area contributed by atoms with Crippen LogP contribution in [-0.2, 0) is 4.79 Å². The molecule has 3 amide bonds. The summed E-state index contributed by atoms with van der Waals surface area (Å²) in [5.74, 6) is -0.651. The molecule has 7 nitrogen and oxygen atoms in total. The summed E-state index contributed by atoms with van der Waals surface area (Å²) in [6, 6.07) is 14.8. The predicted octanol–water partition coefficient (Wildman–Crippen LogP) is 1.70. The Bertz CT molecular complexity index is 950. The maximum atomic E-state index is 12.5. The Morgan fingerprint density at radius 1 is 1.07 bits per heavy atom. The number of fused-ring (bicyclic) bond motifs is 1. The van der Waals surface area contributed by atoms with E-state index in [1.807, 2.05) is 23.1 Å². The second kappa shape index (κ2) is 8.32. The van der Waals surface area contributed by atoms with Crippen molar-refractivity contribution in [2.24, 2.45) is 5.73 Å². The SMILES string of the molecule is CN1C(=O)c2ccc(NC(=O)CN3C[C@@H](N)[C@H](c4ccccc4)C3)cc2C1=O.Cl. The van der Waals surface area contributed by atoms with E-state index in [9.17, 15) is 14.4 Å². The number of imide groups is 1. The minimum Gasteiger partial charge on any atom is -0.326 e. The van der Waals surface area contributed by atoms with Crippen molar-refractivity contribution in [3.63, 3.8) is 0 Å². The molecule has 0 saturated carbocycles. The summed E-state index contributed by atoms with van der Waals surface area (Å²) in [4.78, 5) is 39.6. The summed E-state index contributed by atoms with van der Waals surface area (Å²) in [5.41, 5.74) is 8.65. The predicted molar refractivity (Wildman–Crippen MR) is 112 cm³/mol. The number of hydrogen-bond acceptors (Lipinski definition) is 5. The van der Waals surface area contributed by atoms with Crippen LogP contribution < -0.4 is 11.1 Å². The smallest absolute Gasteiger partial charge is 0.261 e. The highest BCUT2D eigenvalue weighted by atomic mass is 35.5. The van der Waals surface area contributed by atoms with Crippen molar-refractivity contribution < 1.29 is 14.4 Å². The molecule has 4 rings (SSSR count). The van der Waals surface area contributed by atoms with Crippen molar-refractivity contribution in [3.05, 3.63) is 65.2 Å². The molecule has 29 heavy (non-hydrogen) atoms. The number of halogens is 1. The fourth-order valence-corrected chi connectivity index (χ4v) is 3.94. The van der Waals surface area contributed by atoms with Crippen LogP contribution in [0.3, 0.4) is 0 Å². The summed E-state index contributed by atoms with van der Waals surface area (Å²) in [7, 11) is 1.45. The Morgan fingerprint density at radius 2 is 1.76 bits per heavy atom. The number of anilines is 1. The molecule has 2 aromatic rings. The zero-order valence-electron chi connectivity index (χ0n) is 16.0. The third-order valence-corrected chi connectivity index (χ3v) is 5.41. The zero-order chi connectivity index (χ0) is 19.8. The fourth-order valence-electron chi connectivity index (χ4n) is 3.94. The summed E-state index contributed by atoms with van der Waals surface area (Å²) < 4.78 is 0. The summed E-state index contributed by atoms with van der Waals surface area (Å²) in [5, 5.41) is 2.81. The van der Waals surface area contributed by atoms with E-state index in [0.29, 0.717) is 23.4 Å². The Kier molecular flexibility index (Phi) is 6.02. The molecule has 8 heteroatoms. The van der Waals surface area contributed by atoms with Crippen LogP contribution in [0.5, 0.6) is 0 Å². The number of nitrogens with zero attached hydrogens (tertiary/aromatic N) is 2. The van der Waals surface area contributed by atoms with Crippen molar-refractivity contribution in [1.82, 2.24) is 9.80 Å². The molecule has 2 atom stereocenters. The molecule has 2 aromatic carbocycles. The third kappa shape index (κ3) is 4.03. The topological polar surface area (TPSA) is 95.7 Å².